The van der Waals surface area contributed by atoms with E-state index in [1.165, 1.54) is 18.2 Å². The van der Waals surface area contributed by atoms with Crippen LogP contribution in [0.4, 0.5) is 13.2 Å². The van der Waals surface area contributed by atoms with E-state index in [-0.39, 0.29) is 15.9 Å². The first-order valence-corrected chi connectivity index (χ1v) is 5.47. The number of nitrogens with zero attached hydrogens (tertiary/aromatic N) is 1. The topological polar surface area (TPSA) is 39.2 Å². The van der Waals surface area contributed by atoms with Crippen molar-refractivity contribution in [1.29, 1.82) is 0 Å². The van der Waals surface area contributed by atoms with Crippen LogP contribution in [0.25, 0.3) is 10.9 Å². The number of hydrogen-bond donors (Lipinski definition) is 0. The van der Waals surface area contributed by atoms with Crippen LogP contribution in [0.1, 0.15) is 16.1 Å². The molecule has 0 N–H and O–H groups in total. The molecule has 2 rings (SSSR count). The maximum Gasteiger partial charge on any atom is 0.434 e. The number of benzene rings is 1. The summed E-state index contributed by atoms with van der Waals surface area (Å²) < 4.78 is 43.1. The fourth-order valence-electron chi connectivity index (χ4n) is 1.67. The van der Waals surface area contributed by atoms with Crippen molar-refractivity contribution in [3.63, 3.8) is 0 Å². The van der Waals surface area contributed by atoms with E-state index < -0.39 is 23.4 Å². The zero-order valence-electron chi connectivity index (χ0n) is 9.58. The molecule has 1 aromatic heterocycles. The summed E-state index contributed by atoms with van der Waals surface area (Å²) in [5.74, 6) is -1.17. The second kappa shape index (κ2) is 4.70. The number of rotatable bonds is 1. The Morgan fingerprint density at radius 3 is 2.53 bits per heavy atom. The standard InChI is InChI=1S/C12H7ClF3NO2/c1-19-11(18)8-9(13)6-4-2-3-5-7(6)17-10(8)12(14,15)16/h2-5H,1H3. The van der Waals surface area contributed by atoms with Gasteiger partial charge in [0.2, 0.25) is 0 Å². The lowest BCUT2D eigenvalue weighted by Crippen LogP contribution is -2.17. The summed E-state index contributed by atoms with van der Waals surface area (Å²) in [6, 6.07) is 5.99. The number of methoxy groups -OCH3 is 1. The van der Waals surface area contributed by atoms with Crippen LogP contribution in [0.2, 0.25) is 5.02 Å². The summed E-state index contributed by atoms with van der Waals surface area (Å²) in [7, 11) is 0.980. The highest BCUT2D eigenvalue weighted by molar-refractivity contribution is 6.38. The number of carbonyl (C=O) groups is 1. The van der Waals surface area contributed by atoms with Gasteiger partial charge in [0.25, 0.3) is 0 Å². The minimum absolute atomic E-state index is 0.0625. The van der Waals surface area contributed by atoms with Gasteiger partial charge in [-0.2, -0.15) is 13.2 Å². The molecule has 0 saturated carbocycles. The molecule has 2 aromatic rings. The number of pyridine rings is 1. The minimum Gasteiger partial charge on any atom is -0.465 e. The first-order chi connectivity index (χ1) is 8.86. The average Bonchev–Trinajstić information content (AvgIpc) is 2.37. The molecule has 0 aliphatic carbocycles. The Hall–Kier alpha value is -1.82. The number of para-hydroxylation sites is 1. The van der Waals surface area contributed by atoms with Gasteiger partial charge in [-0.25, -0.2) is 9.78 Å². The molecule has 0 unspecified atom stereocenters. The van der Waals surface area contributed by atoms with E-state index in [4.69, 9.17) is 11.6 Å². The maximum atomic E-state index is 12.9. The van der Waals surface area contributed by atoms with Crippen LogP contribution >= 0.6 is 11.6 Å². The van der Waals surface area contributed by atoms with Gasteiger partial charge >= 0.3 is 12.1 Å². The highest BCUT2D eigenvalue weighted by atomic mass is 35.5. The third-order valence-electron chi connectivity index (χ3n) is 2.49. The van der Waals surface area contributed by atoms with Crippen LogP contribution in [-0.4, -0.2) is 18.1 Å². The molecule has 1 aromatic carbocycles. The largest absolute Gasteiger partial charge is 0.465 e. The molecule has 0 radical (unpaired) electrons. The Morgan fingerprint density at radius 1 is 1.32 bits per heavy atom. The molecule has 0 fully saturated rings. The quantitative estimate of drug-likeness (QED) is 0.752. The van der Waals surface area contributed by atoms with Crippen molar-refractivity contribution in [3.05, 3.63) is 40.5 Å². The van der Waals surface area contributed by atoms with Gasteiger partial charge in [-0.05, 0) is 6.07 Å². The van der Waals surface area contributed by atoms with Gasteiger partial charge in [-0.15, -0.1) is 0 Å². The molecule has 19 heavy (non-hydrogen) atoms. The van der Waals surface area contributed by atoms with Crippen LogP contribution in [0.3, 0.4) is 0 Å². The predicted octanol–water partition coefficient (Wildman–Crippen LogP) is 3.69. The Balaban J connectivity index is 2.89. The Morgan fingerprint density at radius 2 is 1.95 bits per heavy atom. The van der Waals surface area contributed by atoms with E-state index in [1.807, 2.05) is 0 Å². The zero-order valence-corrected chi connectivity index (χ0v) is 10.3. The number of aromatic nitrogens is 1. The Kier molecular flexibility index (Phi) is 3.36. The summed E-state index contributed by atoms with van der Waals surface area (Å²) >= 11 is 5.89. The van der Waals surface area contributed by atoms with Crippen LogP contribution < -0.4 is 0 Å². The number of alkyl halides is 3. The second-order valence-electron chi connectivity index (χ2n) is 3.66. The number of hydrogen-bond acceptors (Lipinski definition) is 3. The normalized spacial score (nSPS) is 11.6. The zero-order chi connectivity index (χ0) is 14.2. The number of carbonyl (C=O) groups excluding carboxylic acids is 1. The Bertz CT molecular complexity index is 655. The molecule has 100 valence electrons. The highest BCUT2D eigenvalue weighted by Crippen LogP contribution is 2.37. The number of fused-ring (bicyclic) bond motifs is 1. The van der Waals surface area contributed by atoms with E-state index in [1.54, 1.807) is 6.07 Å². The highest BCUT2D eigenvalue weighted by Gasteiger charge is 2.39. The van der Waals surface area contributed by atoms with Gasteiger partial charge in [0.1, 0.15) is 5.56 Å². The monoisotopic (exact) mass is 289 g/mol. The van der Waals surface area contributed by atoms with Crippen LogP contribution in [0.15, 0.2) is 24.3 Å². The third-order valence-corrected chi connectivity index (χ3v) is 2.88. The van der Waals surface area contributed by atoms with E-state index in [2.05, 4.69) is 9.72 Å². The molecule has 3 nitrogen and oxygen atoms in total. The fraction of sp³-hybridized carbons (Fsp3) is 0.167. The summed E-state index contributed by atoms with van der Waals surface area (Å²) in [4.78, 5) is 15.0. The van der Waals surface area contributed by atoms with Crippen molar-refractivity contribution in [2.24, 2.45) is 0 Å². The number of halogens is 4. The first kappa shape index (κ1) is 13.6. The first-order valence-electron chi connectivity index (χ1n) is 5.10. The van der Waals surface area contributed by atoms with Gasteiger partial charge in [0.05, 0.1) is 17.6 Å². The van der Waals surface area contributed by atoms with E-state index in [0.29, 0.717) is 0 Å². The molecule has 0 spiro atoms. The van der Waals surface area contributed by atoms with Crippen molar-refractivity contribution in [1.82, 2.24) is 4.98 Å². The molecule has 0 saturated heterocycles. The number of esters is 1. The van der Waals surface area contributed by atoms with Gasteiger partial charge in [0, 0.05) is 5.39 Å². The minimum atomic E-state index is -4.79. The second-order valence-corrected chi connectivity index (χ2v) is 4.03. The number of ether oxygens (including phenoxy) is 1. The van der Waals surface area contributed by atoms with E-state index >= 15 is 0 Å². The summed E-state index contributed by atoms with van der Waals surface area (Å²) in [6.07, 6.45) is -4.79. The maximum absolute atomic E-state index is 12.9. The van der Waals surface area contributed by atoms with Gasteiger partial charge in [0.15, 0.2) is 5.69 Å². The van der Waals surface area contributed by atoms with E-state index in [0.717, 1.165) is 7.11 Å². The van der Waals surface area contributed by atoms with Crippen molar-refractivity contribution in [2.75, 3.05) is 7.11 Å². The van der Waals surface area contributed by atoms with Crippen molar-refractivity contribution in [2.45, 2.75) is 6.18 Å². The molecule has 0 amide bonds. The van der Waals surface area contributed by atoms with Gasteiger partial charge < -0.3 is 4.74 Å². The molecule has 0 aliphatic rings. The lowest BCUT2D eigenvalue weighted by Gasteiger charge is -2.13. The summed E-state index contributed by atoms with van der Waals surface area (Å²) in [5, 5.41) is -0.0534. The van der Waals surface area contributed by atoms with Crippen molar-refractivity contribution in [3.8, 4) is 0 Å². The summed E-state index contributed by atoms with van der Waals surface area (Å²) in [5.41, 5.74) is -2.05. The molecular formula is C12H7ClF3NO2. The third kappa shape index (κ3) is 2.35. The average molecular weight is 290 g/mol. The van der Waals surface area contributed by atoms with Gasteiger partial charge in [-0.3, -0.25) is 0 Å². The summed E-state index contributed by atoms with van der Waals surface area (Å²) in [6.45, 7) is 0. The smallest absolute Gasteiger partial charge is 0.434 e. The van der Waals surface area contributed by atoms with Crippen LogP contribution in [0.5, 0.6) is 0 Å². The molecule has 0 bridgehead atoms. The van der Waals surface area contributed by atoms with Crippen LogP contribution in [0, 0.1) is 0 Å². The Labute approximate surface area is 111 Å². The lowest BCUT2D eigenvalue weighted by molar-refractivity contribution is -0.141. The predicted molar refractivity (Wildman–Crippen MR) is 63.1 cm³/mol. The van der Waals surface area contributed by atoms with Crippen molar-refractivity contribution >= 4 is 28.5 Å². The van der Waals surface area contributed by atoms with E-state index in [9.17, 15) is 18.0 Å². The fourth-order valence-corrected chi connectivity index (χ4v) is 1.99. The molecule has 0 atom stereocenters. The molecular weight excluding hydrogens is 283 g/mol. The molecule has 1 heterocycles. The lowest BCUT2D eigenvalue weighted by atomic mass is 10.1. The SMILES string of the molecule is COC(=O)c1c(C(F)(F)F)nc2ccccc2c1Cl. The molecule has 0 aliphatic heterocycles. The van der Waals surface area contributed by atoms with Crippen molar-refractivity contribution < 1.29 is 22.7 Å². The molecule has 7 heteroatoms. The van der Waals surface area contributed by atoms with Gasteiger partial charge in [-0.1, -0.05) is 29.8 Å². The van der Waals surface area contributed by atoms with Crippen LogP contribution in [-0.2, 0) is 10.9 Å².